The van der Waals surface area contributed by atoms with E-state index in [0.29, 0.717) is 21.7 Å². The summed E-state index contributed by atoms with van der Waals surface area (Å²) in [5.74, 6) is 0. The van der Waals surface area contributed by atoms with Gasteiger partial charge in [0.15, 0.2) is 5.11 Å². The third kappa shape index (κ3) is 4.18. The molecule has 0 radical (unpaired) electrons. The van der Waals surface area contributed by atoms with Gasteiger partial charge in [-0.1, -0.05) is 41.4 Å². The molecular weight excluding hydrogens is 387 g/mol. The predicted molar refractivity (Wildman–Crippen MR) is 113 cm³/mol. The number of rotatable bonds is 4. The van der Waals surface area contributed by atoms with Crippen molar-refractivity contribution in [2.24, 2.45) is 0 Å². The number of aromatic nitrogens is 2. The molecule has 7 heteroatoms. The molecule has 0 amide bonds. The summed E-state index contributed by atoms with van der Waals surface area (Å²) >= 11 is 17.3. The largest absolute Gasteiger partial charge is 0.358 e. The van der Waals surface area contributed by atoms with E-state index in [2.05, 4.69) is 22.7 Å². The number of hydrogen-bond acceptors (Lipinski definition) is 2. The van der Waals surface area contributed by atoms with E-state index in [0.717, 1.165) is 28.3 Å². The molecule has 0 aliphatic rings. The van der Waals surface area contributed by atoms with Crippen LogP contribution in [0, 0.1) is 13.8 Å². The molecule has 4 nitrogen and oxygen atoms in total. The first kappa shape index (κ1) is 18.7. The van der Waals surface area contributed by atoms with Gasteiger partial charge in [0.05, 0.1) is 21.4 Å². The van der Waals surface area contributed by atoms with Crippen molar-refractivity contribution in [2.75, 3.05) is 5.32 Å². The first-order chi connectivity index (χ1) is 12.5. The molecule has 2 aromatic carbocycles. The summed E-state index contributed by atoms with van der Waals surface area (Å²) < 4.78 is 1.95. The van der Waals surface area contributed by atoms with Gasteiger partial charge in [0, 0.05) is 23.5 Å². The molecule has 0 atom stereocenters. The van der Waals surface area contributed by atoms with Gasteiger partial charge >= 0.3 is 0 Å². The molecule has 0 bridgehead atoms. The number of thiocarbonyl (C=S) groups is 1. The molecule has 0 fully saturated rings. The number of para-hydroxylation sites is 1. The van der Waals surface area contributed by atoms with Crippen LogP contribution < -0.4 is 10.6 Å². The Labute approximate surface area is 168 Å². The van der Waals surface area contributed by atoms with E-state index in [1.165, 1.54) is 0 Å². The highest BCUT2D eigenvalue weighted by molar-refractivity contribution is 7.80. The standard InChI is InChI=1S/C19H18Cl2N4S/c1-12-16(13(2)25(24-12)15-6-4-3-5-7-15)11-22-19(26)23-14-8-9-17(20)18(21)10-14/h3-10H,11H2,1-2H3,(H2,22,23,26). The number of benzene rings is 2. The molecule has 26 heavy (non-hydrogen) atoms. The first-order valence-corrected chi connectivity index (χ1v) is 9.22. The van der Waals surface area contributed by atoms with Crippen molar-refractivity contribution in [1.29, 1.82) is 0 Å². The topological polar surface area (TPSA) is 41.9 Å². The van der Waals surface area contributed by atoms with Gasteiger partial charge in [-0.2, -0.15) is 5.10 Å². The average Bonchev–Trinajstić information content (AvgIpc) is 2.91. The Morgan fingerprint density at radius 2 is 1.81 bits per heavy atom. The van der Waals surface area contributed by atoms with Crippen molar-refractivity contribution in [2.45, 2.75) is 20.4 Å². The van der Waals surface area contributed by atoms with Crippen molar-refractivity contribution in [3.63, 3.8) is 0 Å². The van der Waals surface area contributed by atoms with Crippen LogP contribution in [-0.2, 0) is 6.54 Å². The number of anilines is 1. The lowest BCUT2D eigenvalue weighted by Gasteiger charge is -2.11. The lowest BCUT2D eigenvalue weighted by Crippen LogP contribution is -2.28. The summed E-state index contributed by atoms with van der Waals surface area (Å²) in [5, 5.41) is 12.5. The molecule has 3 aromatic rings. The van der Waals surface area contributed by atoms with Crippen molar-refractivity contribution in [1.82, 2.24) is 15.1 Å². The van der Waals surface area contributed by atoms with E-state index in [-0.39, 0.29) is 0 Å². The van der Waals surface area contributed by atoms with Gasteiger partial charge in [0.2, 0.25) is 0 Å². The molecule has 3 rings (SSSR count). The highest BCUT2D eigenvalue weighted by Gasteiger charge is 2.13. The maximum Gasteiger partial charge on any atom is 0.171 e. The summed E-state index contributed by atoms with van der Waals surface area (Å²) in [6, 6.07) is 15.4. The summed E-state index contributed by atoms with van der Waals surface area (Å²) in [4.78, 5) is 0. The van der Waals surface area contributed by atoms with Gasteiger partial charge < -0.3 is 10.6 Å². The molecule has 134 valence electrons. The summed E-state index contributed by atoms with van der Waals surface area (Å²) in [6.45, 7) is 4.63. The third-order valence-corrected chi connectivity index (χ3v) is 5.03. The van der Waals surface area contributed by atoms with Gasteiger partial charge in [-0.15, -0.1) is 0 Å². The molecule has 2 N–H and O–H groups in total. The zero-order chi connectivity index (χ0) is 18.7. The van der Waals surface area contributed by atoms with Gasteiger partial charge in [-0.25, -0.2) is 4.68 Å². The maximum absolute atomic E-state index is 6.03. The lowest BCUT2D eigenvalue weighted by molar-refractivity contribution is 0.830. The molecule has 1 heterocycles. The highest BCUT2D eigenvalue weighted by atomic mass is 35.5. The Morgan fingerprint density at radius 3 is 2.50 bits per heavy atom. The van der Waals surface area contributed by atoms with E-state index >= 15 is 0 Å². The van der Waals surface area contributed by atoms with Crippen LogP contribution in [0.2, 0.25) is 10.0 Å². The molecule has 0 spiro atoms. The van der Waals surface area contributed by atoms with Crippen LogP contribution in [0.3, 0.4) is 0 Å². The number of aryl methyl sites for hydroxylation is 1. The number of halogens is 2. The second-order valence-electron chi connectivity index (χ2n) is 5.83. The molecular formula is C19H18Cl2N4S. The fraction of sp³-hybridized carbons (Fsp3) is 0.158. The Balaban J connectivity index is 1.69. The van der Waals surface area contributed by atoms with Crippen molar-refractivity contribution in [3.8, 4) is 5.69 Å². The average molecular weight is 405 g/mol. The van der Waals surface area contributed by atoms with Crippen molar-refractivity contribution < 1.29 is 0 Å². The predicted octanol–water partition coefficient (Wildman–Crippen LogP) is 5.28. The fourth-order valence-electron chi connectivity index (χ4n) is 2.67. The van der Waals surface area contributed by atoms with Gasteiger partial charge in [-0.05, 0) is 56.4 Å². The Bertz CT molecular complexity index is 938. The second-order valence-corrected chi connectivity index (χ2v) is 7.06. The fourth-order valence-corrected chi connectivity index (χ4v) is 3.16. The van der Waals surface area contributed by atoms with E-state index in [9.17, 15) is 0 Å². The number of nitrogens with zero attached hydrogens (tertiary/aromatic N) is 2. The molecule has 0 saturated heterocycles. The SMILES string of the molecule is Cc1nn(-c2ccccc2)c(C)c1CNC(=S)Nc1ccc(Cl)c(Cl)c1. The van der Waals surface area contributed by atoms with Crippen LogP contribution >= 0.6 is 35.4 Å². The van der Waals surface area contributed by atoms with Crippen LogP contribution in [0.4, 0.5) is 5.69 Å². The normalized spacial score (nSPS) is 10.6. The van der Waals surface area contributed by atoms with Crippen LogP contribution in [0.25, 0.3) is 5.69 Å². The molecule has 0 aliphatic carbocycles. The molecule has 0 aliphatic heterocycles. The first-order valence-electron chi connectivity index (χ1n) is 8.06. The smallest absolute Gasteiger partial charge is 0.171 e. The van der Waals surface area contributed by atoms with Crippen LogP contribution in [0.5, 0.6) is 0 Å². The second kappa shape index (κ2) is 8.08. The zero-order valence-electron chi connectivity index (χ0n) is 14.4. The number of hydrogen-bond donors (Lipinski definition) is 2. The summed E-state index contributed by atoms with van der Waals surface area (Å²) in [6.07, 6.45) is 0. The number of nitrogens with one attached hydrogen (secondary N) is 2. The van der Waals surface area contributed by atoms with E-state index < -0.39 is 0 Å². The van der Waals surface area contributed by atoms with Gasteiger partial charge in [0.25, 0.3) is 0 Å². The van der Waals surface area contributed by atoms with E-state index in [1.807, 2.05) is 48.0 Å². The third-order valence-electron chi connectivity index (χ3n) is 4.05. The molecule has 0 unspecified atom stereocenters. The van der Waals surface area contributed by atoms with Crippen molar-refractivity contribution in [3.05, 3.63) is 75.5 Å². The van der Waals surface area contributed by atoms with Crippen LogP contribution in [-0.4, -0.2) is 14.9 Å². The Kier molecular flexibility index (Phi) is 5.81. The monoisotopic (exact) mass is 404 g/mol. The van der Waals surface area contributed by atoms with E-state index in [4.69, 9.17) is 35.4 Å². The van der Waals surface area contributed by atoms with Crippen LogP contribution in [0.1, 0.15) is 17.0 Å². The molecule has 0 saturated carbocycles. The minimum atomic E-state index is 0.482. The minimum absolute atomic E-state index is 0.482. The zero-order valence-corrected chi connectivity index (χ0v) is 16.7. The van der Waals surface area contributed by atoms with Crippen molar-refractivity contribution >= 4 is 46.2 Å². The lowest BCUT2D eigenvalue weighted by atomic mass is 10.2. The van der Waals surface area contributed by atoms with E-state index in [1.54, 1.807) is 12.1 Å². The highest BCUT2D eigenvalue weighted by Crippen LogP contribution is 2.25. The Morgan fingerprint density at radius 1 is 1.08 bits per heavy atom. The quantitative estimate of drug-likeness (QED) is 0.580. The summed E-state index contributed by atoms with van der Waals surface area (Å²) in [7, 11) is 0. The Hall–Kier alpha value is -2.08. The van der Waals surface area contributed by atoms with Gasteiger partial charge in [0.1, 0.15) is 0 Å². The summed E-state index contributed by atoms with van der Waals surface area (Å²) in [5.41, 5.74) is 4.99. The molecule has 1 aromatic heterocycles. The van der Waals surface area contributed by atoms with Crippen LogP contribution in [0.15, 0.2) is 48.5 Å². The maximum atomic E-state index is 6.03. The minimum Gasteiger partial charge on any atom is -0.358 e. The van der Waals surface area contributed by atoms with Gasteiger partial charge in [-0.3, -0.25) is 0 Å².